The number of anilines is 2. The third-order valence-corrected chi connectivity index (χ3v) is 4.48. The van der Waals surface area contributed by atoms with E-state index in [0.29, 0.717) is 16.0 Å². The normalized spacial score (nSPS) is 16.8. The van der Waals surface area contributed by atoms with Gasteiger partial charge in [0.05, 0.1) is 10.7 Å². The molecule has 5 N–H and O–H groups in total. The second-order valence-electron chi connectivity index (χ2n) is 4.86. The first-order valence-corrected chi connectivity index (χ1v) is 6.81. The van der Waals surface area contributed by atoms with E-state index in [1.807, 2.05) is 0 Å². The highest BCUT2D eigenvalue weighted by Crippen LogP contribution is 2.49. The number of nitrogens with two attached hydrogens (primary N) is 2. The summed E-state index contributed by atoms with van der Waals surface area (Å²) in [5.74, 6) is -0.449. The van der Waals surface area contributed by atoms with Gasteiger partial charge in [-0.2, -0.15) is 0 Å². The van der Waals surface area contributed by atoms with Crippen molar-refractivity contribution < 1.29 is 4.79 Å². The van der Waals surface area contributed by atoms with E-state index in [0.717, 1.165) is 11.5 Å². The van der Waals surface area contributed by atoms with Crippen molar-refractivity contribution in [3.8, 4) is 0 Å². The van der Waals surface area contributed by atoms with Crippen molar-refractivity contribution in [2.75, 3.05) is 17.6 Å². The van der Waals surface area contributed by atoms with Gasteiger partial charge in [0.25, 0.3) is 5.91 Å². The van der Waals surface area contributed by atoms with Gasteiger partial charge >= 0.3 is 0 Å². The predicted molar refractivity (Wildman–Crippen MR) is 72.3 cm³/mol. The Hall–Kier alpha value is -1.23. The summed E-state index contributed by atoms with van der Waals surface area (Å²) in [5.41, 5.74) is 11.9. The first kappa shape index (κ1) is 12.2. The Balaban J connectivity index is 1.96. The van der Waals surface area contributed by atoms with E-state index in [2.05, 4.69) is 12.2 Å². The lowest BCUT2D eigenvalue weighted by Crippen LogP contribution is -2.14. The summed E-state index contributed by atoms with van der Waals surface area (Å²) >= 11 is 1.34. The molecule has 0 spiro atoms. The molecule has 0 saturated heterocycles. The molecule has 17 heavy (non-hydrogen) atoms. The van der Waals surface area contributed by atoms with Gasteiger partial charge in [-0.1, -0.05) is 13.3 Å². The summed E-state index contributed by atoms with van der Waals surface area (Å²) in [5, 5.41) is 4.32. The quantitative estimate of drug-likeness (QED) is 0.728. The minimum atomic E-state index is -0.449. The maximum atomic E-state index is 11.1. The number of amides is 1. The number of hydrogen-bond donors (Lipinski definition) is 3. The van der Waals surface area contributed by atoms with Crippen LogP contribution in [0.15, 0.2) is 6.07 Å². The molecule has 94 valence electrons. The lowest BCUT2D eigenvalue weighted by atomic mass is 10.0. The standard InChI is InChI=1S/C12H19N3OS/c1-2-3-12(4-5-12)7-15-9-6-8(13)10(17-9)11(14)16/h6,15H,2-5,7,13H2,1H3,(H2,14,16). The molecule has 0 radical (unpaired) electrons. The highest BCUT2D eigenvalue weighted by Gasteiger charge is 2.41. The van der Waals surface area contributed by atoms with Gasteiger partial charge in [-0.25, -0.2) is 0 Å². The third-order valence-electron chi connectivity index (χ3n) is 3.36. The minimum Gasteiger partial charge on any atom is -0.397 e. The summed E-state index contributed by atoms with van der Waals surface area (Å²) in [6.07, 6.45) is 5.10. The Morgan fingerprint density at radius 2 is 2.29 bits per heavy atom. The molecule has 2 rings (SSSR count). The summed E-state index contributed by atoms with van der Waals surface area (Å²) in [4.78, 5) is 11.5. The Kier molecular flexibility index (Phi) is 3.28. The smallest absolute Gasteiger partial charge is 0.260 e. The molecule has 1 aliphatic rings. The van der Waals surface area contributed by atoms with Crippen LogP contribution in [-0.2, 0) is 0 Å². The van der Waals surface area contributed by atoms with Crippen molar-refractivity contribution in [1.29, 1.82) is 0 Å². The number of nitrogens with one attached hydrogen (secondary N) is 1. The minimum absolute atomic E-state index is 0.449. The first-order chi connectivity index (χ1) is 8.06. The van der Waals surface area contributed by atoms with Gasteiger partial charge in [-0.05, 0) is 30.7 Å². The van der Waals surface area contributed by atoms with Crippen molar-refractivity contribution >= 4 is 27.9 Å². The highest BCUT2D eigenvalue weighted by atomic mass is 32.1. The first-order valence-electron chi connectivity index (χ1n) is 5.99. The summed E-state index contributed by atoms with van der Waals surface area (Å²) < 4.78 is 0. The van der Waals surface area contributed by atoms with E-state index in [9.17, 15) is 4.79 Å². The van der Waals surface area contributed by atoms with Crippen LogP contribution < -0.4 is 16.8 Å². The van der Waals surface area contributed by atoms with Crippen LogP contribution in [0.25, 0.3) is 0 Å². The van der Waals surface area contributed by atoms with E-state index in [1.165, 1.54) is 37.0 Å². The van der Waals surface area contributed by atoms with E-state index in [4.69, 9.17) is 11.5 Å². The molecule has 0 unspecified atom stereocenters. The maximum Gasteiger partial charge on any atom is 0.260 e. The molecule has 1 aromatic rings. The Bertz CT molecular complexity index is 423. The van der Waals surface area contributed by atoms with E-state index in [1.54, 1.807) is 6.07 Å². The number of carbonyl (C=O) groups excluding carboxylic acids is 1. The van der Waals surface area contributed by atoms with Crippen molar-refractivity contribution in [3.05, 3.63) is 10.9 Å². The van der Waals surface area contributed by atoms with Gasteiger partial charge in [0, 0.05) is 6.54 Å². The molecule has 0 bridgehead atoms. The van der Waals surface area contributed by atoms with Crippen LogP contribution in [0.4, 0.5) is 10.7 Å². The molecule has 1 fully saturated rings. The SMILES string of the molecule is CCCC1(CNc2cc(N)c(C(N)=O)s2)CC1. The van der Waals surface area contributed by atoms with Crippen molar-refractivity contribution in [2.45, 2.75) is 32.6 Å². The van der Waals surface area contributed by atoms with E-state index >= 15 is 0 Å². The number of thiophene rings is 1. The van der Waals surface area contributed by atoms with Gasteiger partial charge in [-0.15, -0.1) is 11.3 Å². The Morgan fingerprint density at radius 1 is 1.59 bits per heavy atom. The molecule has 5 heteroatoms. The molecule has 1 heterocycles. The molecular weight excluding hydrogens is 234 g/mol. The zero-order valence-corrected chi connectivity index (χ0v) is 10.9. The van der Waals surface area contributed by atoms with Crippen LogP contribution in [0.2, 0.25) is 0 Å². The average molecular weight is 253 g/mol. The van der Waals surface area contributed by atoms with Crippen LogP contribution in [-0.4, -0.2) is 12.5 Å². The fourth-order valence-corrected chi connectivity index (χ4v) is 3.01. The molecule has 1 amide bonds. The summed E-state index contributed by atoms with van der Waals surface area (Å²) in [6.45, 7) is 3.19. The van der Waals surface area contributed by atoms with Crippen molar-refractivity contribution in [1.82, 2.24) is 0 Å². The number of carbonyl (C=O) groups is 1. The number of primary amides is 1. The number of nitrogen functional groups attached to an aromatic ring is 1. The molecule has 0 aromatic carbocycles. The topological polar surface area (TPSA) is 81.1 Å². The number of rotatable bonds is 6. The number of hydrogen-bond acceptors (Lipinski definition) is 4. The van der Waals surface area contributed by atoms with Gasteiger partial charge < -0.3 is 16.8 Å². The largest absolute Gasteiger partial charge is 0.397 e. The lowest BCUT2D eigenvalue weighted by Gasteiger charge is -2.14. The zero-order valence-electron chi connectivity index (χ0n) is 10.1. The lowest BCUT2D eigenvalue weighted by molar-refractivity contribution is 0.100. The molecule has 0 aliphatic heterocycles. The van der Waals surface area contributed by atoms with Crippen LogP contribution >= 0.6 is 11.3 Å². The van der Waals surface area contributed by atoms with Gasteiger partial charge in [0.2, 0.25) is 0 Å². The second kappa shape index (κ2) is 4.56. The van der Waals surface area contributed by atoms with E-state index < -0.39 is 5.91 Å². The third kappa shape index (κ3) is 2.72. The van der Waals surface area contributed by atoms with Crippen LogP contribution in [0.1, 0.15) is 42.3 Å². The Morgan fingerprint density at radius 3 is 2.76 bits per heavy atom. The fourth-order valence-electron chi connectivity index (χ4n) is 2.18. The van der Waals surface area contributed by atoms with Crippen molar-refractivity contribution in [3.63, 3.8) is 0 Å². The molecule has 1 aromatic heterocycles. The van der Waals surface area contributed by atoms with Gasteiger partial charge in [0.15, 0.2) is 0 Å². The maximum absolute atomic E-state index is 11.1. The zero-order chi connectivity index (χ0) is 12.5. The van der Waals surface area contributed by atoms with Gasteiger partial charge in [-0.3, -0.25) is 4.79 Å². The summed E-state index contributed by atoms with van der Waals surface area (Å²) in [6, 6.07) is 1.80. The van der Waals surface area contributed by atoms with Gasteiger partial charge in [0.1, 0.15) is 4.88 Å². The highest BCUT2D eigenvalue weighted by molar-refractivity contribution is 7.18. The summed E-state index contributed by atoms with van der Waals surface area (Å²) in [7, 11) is 0. The van der Waals surface area contributed by atoms with Crippen LogP contribution in [0.5, 0.6) is 0 Å². The monoisotopic (exact) mass is 253 g/mol. The molecule has 0 atom stereocenters. The van der Waals surface area contributed by atoms with Crippen LogP contribution in [0.3, 0.4) is 0 Å². The Labute approximate surface area is 105 Å². The second-order valence-corrected chi connectivity index (χ2v) is 5.92. The molecular formula is C12H19N3OS. The average Bonchev–Trinajstić information content (AvgIpc) is 2.92. The van der Waals surface area contributed by atoms with Crippen molar-refractivity contribution in [2.24, 2.45) is 11.1 Å². The molecule has 4 nitrogen and oxygen atoms in total. The predicted octanol–water partition coefficient (Wildman–Crippen LogP) is 2.42. The molecule has 1 saturated carbocycles. The fraction of sp³-hybridized carbons (Fsp3) is 0.583. The molecule has 1 aliphatic carbocycles. The van der Waals surface area contributed by atoms with Crippen LogP contribution in [0, 0.1) is 5.41 Å². The van der Waals surface area contributed by atoms with E-state index in [-0.39, 0.29) is 0 Å².